The number of benzene rings is 1. The molecule has 0 radical (unpaired) electrons. The Hall–Kier alpha value is -1.75. The zero-order valence-electron chi connectivity index (χ0n) is 13.7. The summed E-state index contributed by atoms with van der Waals surface area (Å²) in [5.74, 6) is 2.03. The molecule has 1 N–H and O–H groups in total. The lowest BCUT2D eigenvalue weighted by molar-refractivity contribution is 0.0690. The van der Waals surface area contributed by atoms with Gasteiger partial charge in [-0.2, -0.15) is 0 Å². The molecule has 1 aliphatic heterocycles. The number of methoxy groups -OCH3 is 1. The van der Waals surface area contributed by atoms with Crippen molar-refractivity contribution in [2.24, 2.45) is 5.92 Å². The number of likely N-dealkylation sites (tertiary alicyclic amines) is 1. The van der Waals surface area contributed by atoms with Crippen LogP contribution in [0, 0.1) is 5.92 Å². The third-order valence-corrected chi connectivity index (χ3v) is 4.10. The quantitative estimate of drug-likeness (QED) is 0.875. The monoisotopic (exact) mass is 306 g/mol. The van der Waals surface area contributed by atoms with Crippen LogP contribution < -0.4 is 14.8 Å². The van der Waals surface area contributed by atoms with E-state index in [1.54, 1.807) is 13.2 Å². The number of piperidine rings is 1. The van der Waals surface area contributed by atoms with E-state index >= 15 is 0 Å². The maximum Gasteiger partial charge on any atom is 0.253 e. The SMILES string of the molecule is CCOc1ccc(C(=O)N2CCC(CNC)CC2)cc1OC. The minimum atomic E-state index is 0.0734. The van der Waals surface area contributed by atoms with Crippen LogP contribution in [-0.2, 0) is 0 Å². The van der Waals surface area contributed by atoms with E-state index in [0.29, 0.717) is 29.6 Å². The van der Waals surface area contributed by atoms with Crippen LogP contribution >= 0.6 is 0 Å². The number of nitrogens with one attached hydrogen (secondary N) is 1. The molecule has 1 aromatic rings. The van der Waals surface area contributed by atoms with Gasteiger partial charge in [0.2, 0.25) is 0 Å². The molecule has 1 amide bonds. The Morgan fingerprint density at radius 2 is 2.05 bits per heavy atom. The lowest BCUT2D eigenvalue weighted by Gasteiger charge is -2.32. The molecular formula is C17H26N2O3. The van der Waals surface area contributed by atoms with Gasteiger partial charge in [0, 0.05) is 18.7 Å². The van der Waals surface area contributed by atoms with Gasteiger partial charge in [-0.1, -0.05) is 0 Å². The molecule has 1 aliphatic rings. The normalized spacial score (nSPS) is 15.7. The van der Waals surface area contributed by atoms with Crippen molar-refractivity contribution >= 4 is 5.91 Å². The average Bonchev–Trinajstić information content (AvgIpc) is 2.56. The van der Waals surface area contributed by atoms with Crippen LogP contribution in [0.1, 0.15) is 30.1 Å². The molecular weight excluding hydrogens is 280 g/mol. The van der Waals surface area contributed by atoms with Crippen molar-refractivity contribution in [1.82, 2.24) is 10.2 Å². The number of carbonyl (C=O) groups excluding carboxylic acids is 1. The fourth-order valence-corrected chi connectivity index (χ4v) is 2.89. The van der Waals surface area contributed by atoms with Gasteiger partial charge in [-0.25, -0.2) is 0 Å². The summed E-state index contributed by atoms with van der Waals surface area (Å²) in [6.45, 7) is 5.16. The van der Waals surface area contributed by atoms with Crippen molar-refractivity contribution in [3.63, 3.8) is 0 Å². The van der Waals surface area contributed by atoms with Crippen LogP contribution in [0.3, 0.4) is 0 Å². The predicted octanol–water partition coefficient (Wildman–Crippen LogP) is 2.17. The molecule has 22 heavy (non-hydrogen) atoms. The lowest BCUT2D eigenvalue weighted by Crippen LogP contribution is -2.40. The van der Waals surface area contributed by atoms with Crippen molar-refractivity contribution in [2.45, 2.75) is 19.8 Å². The molecule has 0 bridgehead atoms. The van der Waals surface area contributed by atoms with Crippen molar-refractivity contribution in [3.8, 4) is 11.5 Å². The topological polar surface area (TPSA) is 50.8 Å². The van der Waals surface area contributed by atoms with E-state index < -0.39 is 0 Å². The molecule has 1 heterocycles. The number of hydrogen-bond donors (Lipinski definition) is 1. The summed E-state index contributed by atoms with van der Waals surface area (Å²) >= 11 is 0. The number of hydrogen-bond acceptors (Lipinski definition) is 4. The average molecular weight is 306 g/mol. The van der Waals surface area contributed by atoms with Gasteiger partial charge < -0.3 is 19.7 Å². The molecule has 5 heteroatoms. The second-order valence-electron chi connectivity index (χ2n) is 5.59. The highest BCUT2D eigenvalue weighted by atomic mass is 16.5. The fraction of sp³-hybridized carbons (Fsp3) is 0.588. The summed E-state index contributed by atoms with van der Waals surface area (Å²) in [5.41, 5.74) is 0.660. The zero-order chi connectivity index (χ0) is 15.9. The second kappa shape index (κ2) is 8.03. The summed E-state index contributed by atoms with van der Waals surface area (Å²) in [7, 11) is 3.57. The van der Waals surface area contributed by atoms with Gasteiger partial charge in [-0.3, -0.25) is 4.79 Å². The summed E-state index contributed by atoms with van der Waals surface area (Å²) in [6, 6.07) is 5.39. The van der Waals surface area contributed by atoms with E-state index in [-0.39, 0.29) is 5.91 Å². The van der Waals surface area contributed by atoms with Crippen molar-refractivity contribution in [3.05, 3.63) is 23.8 Å². The Labute approximate surface area is 132 Å². The van der Waals surface area contributed by atoms with Gasteiger partial charge in [0.15, 0.2) is 11.5 Å². The number of nitrogens with zero attached hydrogens (tertiary/aromatic N) is 1. The Morgan fingerprint density at radius 3 is 2.64 bits per heavy atom. The van der Waals surface area contributed by atoms with Crippen LogP contribution in [0.4, 0.5) is 0 Å². The van der Waals surface area contributed by atoms with Gasteiger partial charge in [-0.15, -0.1) is 0 Å². The number of carbonyl (C=O) groups is 1. The van der Waals surface area contributed by atoms with Gasteiger partial charge in [0.1, 0.15) is 0 Å². The minimum absolute atomic E-state index is 0.0734. The van der Waals surface area contributed by atoms with E-state index in [1.165, 1.54) is 0 Å². The van der Waals surface area contributed by atoms with Gasteiger partial charge in [0.25, 0.3) is 5.91 Å². The fourth-order valence-electron chi connectivity index (χ4n) is 2.89. The molecule has 0 unspecified atom stereocenters. The smallest absolute Gasteiger partial charge is 0.253 e. The first-order valence-electron chi connectivity index (χ1n) is 7.94. The maximum atomic E-state index is 12.6. The Balaban J connectivity index is 2.04. The van der Waals surface area contributed by atoms with Gasteiger partial charge in [-0.05, 0) is 57.5 Å². The second-order valence-corrected chi connectivity index (χ2v) is 5.59. The third kappa shape index (κ3) is 3.91. The first-order valence-corrected chi connectivity index (χ1v) is 7.94. The van der Waals surface area contributed by atoms with E-state index in [0.717, 1.165) is 32.5 Å². The molecule has 122 valence electrons. The molecule has 5 nitrogen and oxygen atoms in total. The predicted molar refractivity (Wildman–Crippen MR) is 86.7 cm³/mol. The van der Waals surface area contributed by atoms with Crippen molar-refractivity contribution in [2.75, 3.05) is 40.4 Å². The van der Waals surface area contributed by atoms with Crippen molar-refractivity contribution in [1.29, 1.82) is 0 Å². The van der Waals surface area contributed by atoms with Gasteiger partial charge >= 0.3 is 0 Å². The summed E-state index contributed by atoms with van der Waals surface area (Å²) in [5, 5.41) is 3.21. The highest BCUT2D eigenvalue weighted by Gasteiger charge is 2.23. The molecule has 1 aromatic carbocycles. The number of amides is 1. The van der Waals surface area contributed by atoms with E-state index in [4.69, 9.17) is 9.47 Å². The molecule has 1 saturated heterocycles. The maximum absolute atomic E-state index is 12.6. The molecule has 2 rings (SSSR count). The van der Waals surface area contributed by atoms with E-state index in [1.807, 2.05) is 31.0 Å². The van der Waals surface area contributed by atoms with Crippen LogP contribution in [0.25, 0.3) is 0 Å². The molecule has 0 saturated carbocycles. The molecule has 0 aromatic heterocycles. The molecule has 0 spiro atoms. The molecule has 1 fully saturated rings. The summed E-state index contributed by atoms with van der Waals surface area (Å²) < 4.78 is 10.8. The first-order chi connectivity index (χ1) is 10.7. The zero-order valence-corrected chi connectivity index (χ0v) is 13.7. The summed E-state index contributed by atoms with van der Waals surface area (Å²) in [6.07, 6.45) is 2.11. The van der Waals surface area contributed by atoms with Crippen LogP contribution in [-0.4, -0.2) is 51.2 Å². The first kappa shape index (κ1) is 16.6. The molecule has 0 atom stereocenters. The number of rotatable bonds is 6. The standard InChI is InChI=1S/C17H26N2O3/c1-4-22-15-6-5-14(11-16(15)21-3)17(20)19-9-7-13(8-10-19)12-18-2/h5-6,11,13,18H,4,7-10,12H2,1-3H3. The Morgan fingerprint density at radius 1 is 1.32 bits per heavy atom. The van der Waals surface area contributed by atoms with E-state index in [9.17, 15) is 4.79 Å². The van der Waals surface area contributed by atoms with Crippen LogP contribution in [0.5, 0.6) is 11.5 Å². The molecule has 0 aliphatic carbocycles. The number of ether oxygens (including phenoxy) is 2. The Kier molecular flexibility index (Phi) is 6.07. The van der Waals surface area contributed by atoms with Gasteiger partial charge in [0.05, 0.1) is 13.7 Å². The van der Waals surface area contributed by atoms with Crippen LogP contribution in [0.2, 0.25) is 0 Å². The third-order valence-electron chi connectivity index (χ3n) is 4.10. The van der Waals surface area contributed by atoms with Crippen molar-refractivity contribution < 1.29 is 14.3 Å². The minimum Gasteiger partial charge on any atom is -0.493 e. The highest BCUT2D eigenvalue weighted by Crippen LogP contribution is 2.29. The Bertz CT molecular complexity index is 497. The van der Waals surface area contributed by atoms with E-state index in [2.05, 4.69) is 5.32 Å². The van der Waals surface area contributed by atoms with Crippen LogP contribution in [0.15, 0.2) is 18.2 Å². The summed E-state index contributed by atoms with van der Waals surface area (Å²) in [4.78, 5) is 14.5. The largest absolute Gasteiger partial charge is 0.493 e. The lowest BCUT2D eigenvalue weighted by atomic mass is 9.96. The highest BCUT2D eigenvalue weighted by molar-refractivity contribution is 5.95.